The number of rotatable bonds is 3. The van der Waals surface area contributed by atoms with Crippen LogP contribution < -0.4 is 9.80 Å². The van der Waals surface area contributed by atoms with Gasteiger partial charge in [0.1, 0.15) is 5.69 Å². The van der Waals surface area contributed by atoms with Crippen molar-refractivity contribution < 1.29 is 4.79 Å². The molecule has 1 unspecified atom stereocenters. The second kappa shape index (κ2) is 8.39. The van der Waals surface area contributed by atoms with Crippen LogP contribution in [0.15, 0.2) is 42.6 Å². The van der Waals surface area contributed by atoms with Crippen molar-refractivity contribution in [1.82, 2.24) is 9.88 Å². The van der Waals surface area contributed by atoms with Crippen molar-refractivity contribution in [2.45, 2.75) is 19.8 Å². The van der Waals surface area contributed by atoms with Crippen molar-refractivity contribution >= 4 is 28.9 Å². The molecule has 0 N–H and O–H groups in total. The first-order valence-electron chi connectivity index (χ1n) is 10.1. The number of piperidine rings is 1. The van der Waals surface area contributed by atoms with Crippen LogP contribution in [0.3, 0.4) is 0 Å². The number of hydrogen-bond donors (Lipinski definition) is 0. The molecule has 1 aromatic heterocycles. The van der Waals surface area contributed by atoms with Crippen molar-refractivity contribution in [2.75, 3.05) is 49.1 Å². The number of likely N-dealkylation sites (tertiary alicyclic amines) is 1. The van der Waals surface area contributed by atoms with E-state index in [-0.39, 0.29) is 5.91 Å². The summed E-state index contributed by atoms with van der Waals surface area (Å²) in [6, 6.07) is 12.0. The molecule has 6 heteroatoms. The summed E-state index contributed by atoms with van der Waals surface area (Å²) < 4.78 is 0. The number of anilines is 2. The highest BCUT2D eigenvalue weighted by molar-refractivity contribution is 6.30. The molecule has 0 radical (unpaired) electrons. The van der Waals surface area contributed by atoms with Gasteiger partial charge in [0.25, 0.3) is 5.91 Å². The molecule has 28 heavy (non-hydrogen) atoms. The van der Waals surface area contributed by atoms with Crippen LogP contribution in [0.4, 0.5) is 11.4 Å². The zero-order valence-electron chi connectivity index (χ0n) is 16.4. The summed E-state index contributed by atoms with van der Waals surface area (Å²) in [6.07, 6.45) is 4.05. The van der Waals surface area contributed by atoms with Gasteiger partial charge in [-0.05, 0) is 49.1 Å². The van der Waals surface area contributed by atoms with Crippen LogP contribution in [0.25, 0.3) is 0 Å². The summed E-state index contributed by atoms with van der Waals surface area (Å²) in [5.41, 5.74) is 2.80. The van der Waals surface area contributed by atoms with Crippen LogP contribution in [-0.2, 0) is 0 Å². The Labute approximate surface area is 171 Å². The maximum Gasteiger partial charge on any atom is 0.272 e. The molecule has 148 valence electrons. The van der Waals surface area contributed by atoms with Crippen molar-refractivity contribution in [2.24, 2.45) is 5.92 Å². The smallest absolute Gasteiger partial charge is 0.272 e. The molecule has 2 aromatic rings. The molecule has 1 amide bonds. The first kappa shape index (κ1) is 19.1. The Morgan fingerprint density at radius 2 is 1.75 bits per heavy atom. The van der Waals surface area contributed by atoms with Crippen LogP contribution >= 0.6 is 11.6 Å². The van der Waals surface area contributed by atoms with Crippen LogP contribution in [0.1, 0.15) is 30.3 Å². The fourth-order valence-electron chi connectivity index (χ4n) is 4.16. The van der Waals surface area contributed by atoms with Gasteiger partial charge >= 0.3 is 0 Å². The predicted molar refractivity (Wildman–Crippen MR) is 114 cm³/mol. The largest absolute Gasteiger partial charge is 0.368 e. The number of amides is 1. The minimum atomic E-state index is 0.0611. The number of nitrogens with zero attached hydrogens (tertiary/aromatic N) is 4. The molecule has 2 aliphatic heterocycles. The summed E-state index contributed by atoms with van der Waals surface area (Å²) in [7, 11) is 0. The van der Waals surface area contributed by atoms with Crippen molar-refractivity contribution in [1.29, 1.82) is 0 Å². The molecule has 0 bridgehead atoms. The molecule has 0 aliphatic carbocycles. The van der Waals surface area contributed by atoms with Gasteiger partial charge in [0.2, 0.25) is 0 Å². The molecular weight excluding hydrogens is 372 g/mol. The van der Waals surface area contributed by atoms with Gasteiger partial charge in [0, 0.05) is 61.9 Å². The van der Waals surface area contributed by atoms with E-state index in [4.69, 9.17) is 11.6 Å². The number of carbonyl (C=O) groups excluding carboxylic acids is 1. The number of hydrogen-bond acceptors (Lipinski definition) is 4. The topological polar surface area (TPSA) is 39.7 Å². The summed E-state index contributed by atoms with van der Waals surface area (Å²) in [6.45, 7) is 7.56. The van der Waals surface area contributed by atoms with Crippen LogP contribution in [0, 0.1) is 5.92 Å². The Bertz CT molecular complexity index is 835. The van der Waals surface area contributed by atoms with E-state index in [0.717, 1.165) is 62.1 Å². The number of carbonyl (C=O) groups is 1. The van der Waals surface area contributed by atoms with E-state index in [1.807, 2.05) is 35.2 Å². The number of aromatic nitrogens is 1. The number of benzene rings is 1. The SMILES string of the molecule is CC1CCCN(C(=O)c2cc(N3CCN(c4cccc(Cl)c4)CC3)ccn2)C1. The first-order chi connectivity index (χ1) is 13.6. The summed E-state index contributed by atoms with van der Waals surface area (Å²) in [4.78, 5) is 23.9. The minimum absolute atomic E-state index is 0.0611. The van der Waals surface area contributed by atoms with Crippen molar-refractivity contribution in [3.63, 3.8) is 0 Å². The van der Waals surface area contributed by atoms with Crippen molar-refractivity contribution in [3.8, 4) is 0 Å². The van der Waals surface area contributed by atoms with Gasteiger partial charge < -0.3 is 14.7 Å². The van der Waals surface area contributed by atoms with E-state index >= 15 is 0 Å². The van der Waals surface area contributed by atoms with Crippen LogP contribution in [-0.4, -0.2) is 55.1 Å². The highest BCUT2D eigenvalue weighted by Crippen LogP contribution is 2.24. The Kier molecular flexibility index (Phi) is 5.72. The van der Waals surface area contributed by atoms with Gasteiger partial charge in [-0.1, -0.05) is 24.6 Å². The number of halogens is 1. The molecule has 3 heterocycles. The third-order valence-electron chi connectivity index (χ3n) is 5.73. The molecule has 4 rings (SSSR count). The van der Waals surface area contributed by atoms with E-state index in [9.17, 15) is 4.79 Å². The number of pyridine rings is 1. The standard InChI is InChI=1S/C22H27ClN4O/c1-17-4-3-9-27(16-17)22(28)21-15-20(7-8-24-21)26-12-10-25(11-13-26)19-6-2-5-18(23)14-19/h2,5-8,14-15,17H,3-4,9-13,16H2,1H3. The average Bonchev–Trinajstić information content (AvgIpc) is 2.73. The Morgan fingerprint density at radius 3 is 2.43 bits per heavy atom. The molecule has 2 saturated heterocycles. The predicted octanol–water partition coefficient (Wildman–Crippen LogP) is 3.93. The maximum absolute atomic E-state index is 12.9. The molecule has 2 fully saturated rings. The minimum Gasteiger partial charge on any atom is -0.368 e. The summed E-state index contributed by atoms with van der Waals surface area (Å²) >= 11 is 6.13. The molecule has 1 atom stereocenters. The van der Waals surface area contributed by atoms with E-state index in [1.54, 1.807) is 6.20 Å². The second-order valence-electron chi connectivity index (χ2n) is 7.85. The van der Waals surface area contributed by atoms with E-state index in [1.165, 1.54) is 6.42 Å². The fourth-order valence-corrected chi connectivity index (χ4v) is 4.35. The van der Waals surface area contributed by atoms with Gasteiger partial charge in [-0.15, -0.1) is 0 Å². The van der Waals surface area contributed by atoms with E-state index < -0.39 is 0 Å². The molecule has 5 nitrogen and oxygen atoms in total. The first-order valence-corrected chi connectivity index (χ1v) is 10.5. The monoisotopic (exact) mass is 398 g/mol. The Morgan fingerprint density at radius 1 is 1.04 bits per heavy atom. The van der Waals surface area contributed by atoms with E-state index in [2.05, 4.69) is 27.8 Å². The molecule has 2 aliphatic rings. The van der Waals surface area contributed by atoms with Gasteiger partial charge in [-0.3, -0.25) is 9.78 Å². The van der Waals surface area contributed by atoms with Gasteiger partial charge in [0.15, 0.2) is 0 Å². The van der Waals surface area contributed by atoms with Gasteiger partial charge in [0.05, 0.1) is 0 Å². The van der Waals surface area contributed by atoms with Crippen LogP contribution in [0.5, 0.6) is 0 Å². The quantitative estimate of drug-likeness (QED) is 0.785. The third-order valence-corrected chi connectivity index (χ3v) is 5.96. The summed E-state index contributed by atoms with van der Waals surface area (Å²) in [5, 5.41) is 0.768. The highest BCUT2D eigenvalue weighted by Gasteiger charge is 2.24. The zero-order chi connectivity index (χ0) is 19.5. The lowest BCUT2D eigenvalue weighted by Gasteiger charge is -2.37. The summed E-state index contributed by atoms with van der Waals surface area (Å²) in [5.74, 6) is 0.631. The van der Waals surface area contributed by atoms with Gasteiger partial charge in [-0.2, -0.15) is 0 Å². The molecule has 1 aromatic carbocycles. The lowest BCUT2D eigenvalue weighted by Crippen LogP contribution is -2.46. The second-order valence-corrected chi connectivity index (χ2v) is 8.29. The van der Waals surface area contributed by atoms with Gasteiger partial charge in [-0.25, -0.2) is 0 Å². The molecular formula is C22H27ClN4O. The average molecular weight is 399 g/mol. The molecule has 0 saturated carbocycles. The lowest BCUT2D eigenvalue weighted by molar-refractivity contribution is 0.0677. The van der Waals surface area contributed by atoms with E-state index in [0.29, 0.717) is 11.6 Å². The Balaban J connectivity index is 1.42. The fraction of sp³-hybridized carbons (Fsp3) is 0.455. The Hall–Kier alpha value is -2.27. The van der Waals surface area contributed by atoms with Crippen molar-refractivity contribution in [3.05, 3.63) is 53.3 Å². The highest BCUT2D eigenvalue weighted by atomic mass is 35.5. The zero-order valence-corrected chi connectivity index (χ0v) is 17.1. The maximum atomic E-state index is 12.9. The van der Waals surface area contributed by atoms with Crippen LogP contribution in [0.2, 0.25) is 5.02 Å². The lowest BCUT2D eigenvalue weighted by atomic mass is 10.00. The third kappa shape index (κ3) is 4.25. The normalized spacial score (nSPS) is 20.4. The number of piperazine rings is 1. The molecule has 0 spiro atoms.